The maximum absolute atomic E-state index is 7.66. The van der Waals surface area contributed by atoms with E-state index in [-0.39, 0.29) is 5.84 Å². The molecule has 1 saturated heterocycles. The van der Waals surface area contributed by atoms with Crippen molar-refractivity contribution in [1.82, 2.24) is 9.97 Å². The molecule has 2 aromatic rings. The summed E-state index contributed by atoms with van der Waals surface area (Å²) in [6.07, 6.45) is 3.56. The van der Waals surface area contributed by atoms with Crippen molar-refractivity contribution in [2.24, 2.45) is 5.73 Å². The molecule has 21 heavy (non-hydrogen) atoms. The predicted molar refractivity (Wildman–Crippen MR) is 83.9 cm³/mol. The number of nitrogens with one attached hydrogen (secondary N) is 1. The van der Waals surface area contributed by atoms with E-state index < -0.39 is 0 Å². The van der Waals surface area contributed by atoms with Crippen LogP contribution in [0.3, 0.4) is 0 Å². The number of aromatic nitrogens is 2. The summed E-state index contributed by atoms with van der Waals surface area (Å²) >= 11 is 0. The number of rotatable bonds is 3. The van der Waals surface area contributed by atoms with E-state index in [0.717, 1.165) is 37.8 Å². The Labute approximate surface area is 123 Å². The number of hydrogen-bond acceptors (Lipinski definition) is 5. The van der Waals surface area contributed by atoms with E-state index in [0.29, 0.717) is 5.56 Å². The first-order chi connectivity index (χ1) is 10.3. The number of pyridine rings is 2. The SMILES string of the molecule is N=C(N)c1cccnc1N1CCN(c2ccccn2)CC1. The van der Waals surface area contributed by atoms with Crippen LogP contribution in [0.15, 0.2) is 42.7 Å². The zero-order valence-corrected chi connectivity index (χ0v) is 11.7. The molecule has 3 N–H and O–H groups in total. The number of nitrogen functional groups attached to an aromatic ring is 1. The first-order valence-corrected chi connectivity index (χ1v) is 6.96. The fourth-order valence-electron chi connectivity index (χ4n) is 2.55. The zero-order chi connectivity index (χ0) is 14.7. The van der Waals surface area contributed by atoms with Crippen LogP contribution in [0.5, 0.6) is 0 Å². The van der Waals surface area contributed by atoms with Crippen LogP contribution in [-0.4, -0.2) is 42.0 Å². The Morgan fingerprint density at radius 1 is 0.952 bits per heavy atom. The predicted octanol–water partition coefficient (Wildman–Crippen LogP) is 1.09. The van der Waals surface area contributed by atoms with Crippen molar-refractivity contribution < 1.29 is 0 Å². The minimum absolute atomic E-state index is 0.0604. The van der Waals surface area contributed by atoms with E-state index in [1.54, 1.807) is 6.20 Å². The molecule has 1 aliphatic heterocycles. The fraction of sp³-hybridized carbons (Fsp3) is 0.267. The van der Waals surface area contributed by atoms with Gasteiger partial charge in [-0.3, -0.25) is 5.41 Å². The monoisotopic (exact) mass is 282 g/mol. The van der Waals surface area contributed by atoms with Crippen LogP contribution in [0.2, 0.25) is 0 Å². The number of amidine groups is 1. The van der Waals surface area contributed by atoms with E-state index in [1.807, 2.05) is 36.5 Å². The molecule has 0 aliphatic carbocycles. The van der Waals surface area contributed by atoms with Gasteiger partial charge in [-0.25, -0.2) is 9.97 Å². The fourth-order valence-corrected chi connectivity index (χ4v) is 2.55. The molecule has 2 aromatic heterocycles. The third-order valence-electron chi connectivity index (χ3n) is 3.63. The van der Waals surface area contributed by atoms with Crippen molar-refractivity contribution in [1.29, 1.82) is 5.41 Å². The van der Waals surface area contributed by atoms with Gasteiger partial charge in [-0.2, -0.15) is 0 Å². The summed E-state index contributed by atoms with van der Waals surface area (Å²) in [4.78, 5) is 13.2. The van der Waals surface area contributed by atoms with E-state index in [4.69, 9.17) is 11.1 Å². The molecule has 3 heterocycles. The van der Waals surface area contributed by atoms with Gasteiger partial charge in [0.15, 0.2) is 0 Å². The topological polar surface area (TPSA) is 82.1 Å². The molecule has 0 spiro atoms. The molecule has 3 rings (SSSR count). The van der Waals surface area contributed by atoms with Crippen LogP contribution >= 0.6 is 0 Å². The van der Waals surface area contributed by atoms with Gasteiger partial charge in [-0.1, -0.05) is 6.07 Å². The minimum Gasteiger partial charge on any atom is -0.384 e. The maximum Gasteiger partial charge on any atom is 0.139 e. The van der Waals surface area contributed by atoms with Gasteiger partial charge in [0, 0.05) is 38.6 Å². The van der Waals surface area contributed by atoms with E-state index in [2.05, 4.69) is 19.8 Å². The quantitative estimate of drug-likeness (QED) is 0.650. The van der Waals surface area contributed by atoms with Gasteiger partial charge in [0.1, 0.15) is 17.5 Å². The molecule has 6 nitrogen and oxygen atoms in total. The lowest BCUT2D eigenvalue weighted by atomic mass is 10.2. The number of nitrogens with zero attached hydrogens (tertiary/aromatic N) is 4. The molecular formula is C15H18N6. The van der Waals surface area contributed by atoms with E-state index in [1.165, 1.54) is 0 Å². The third-order valence-corrected chi connectivity index (χ3v) is 3.63. The Kier molecular flexibility index (Phi) is 3.68. The van der Waals surface area contributed by atoms with Crippen molar-refractivity contribution in [3.05, 3.63) is 48.3 Å². The van der Waals surface area contributed by atoms with Crippen LogP contribution in [0.4, 0.5) is 11.6 Å². The summed E-state index contributed by atoms with van der Waals surface area (Å²) in [5, 5.41) is 7.66. The van der Waals surface area contributed by atoms with Crippen LogP contribution in [-0.2, 0) is 0 Å². The first-order valence-electron chi connectivity index (χ1n) is 6.96. The summed E-state index contributed by atoms with van der Waals surface area (Å²) in [7, 11) is 0. The van der Waals surface area contributed by atoms with Crippen molar-refractivity contribution in [3.63, 3.8) is 0 Å². The van der Waals surface area contributed by atoms with Crippen molar-refractivity contribution in [2.75, 3.05) is 36.0 Å². The summed E-state index contributed by atoms with van der Waals surface area (Å²) in [6, 6.07) is 9.60. The number of anilines is 2. The van der Waals surface area contributed by atoms with Crippen LogP contribution in [0, 0.1) is 5.41 Å². The van der Waals surface area contributed by atoms with Gasteiger partial charge in [-0.15, -0.1) is 0 Å². The van der Waals surface area contributed by atoms with Gasteiger partial charge in [0.05, 0.1) is 5.56 Å². The summed E-state index contributed by atoms with van der Waals surface area (Å²) in [5.41, 5.74) is 6.33. The van der Waals surface area contributed by atoms with Gasteiger partial charge in [0.25, 0.3) is 0 Å². The Balaban J connectivity index is 1.73. The Bertz CT molecular complexity index is 619. The molecule has 0 unspecified atom stereocenters. The van der Waals surface area contributed by atoms with E-state index >= 15 is 0 Å². The molecule has 0 radical (unpaired) electrons. The van der Waals surface area contributed by atoms with Gasteiger partial charge in [-0.05, 0) is 24.3 Å². The highest BCUT2D eigenvalue weighted by molar-refractivity contribution is 5.99. The van der Waals surface area contributed by atoms with E-state index in [9.17, 15) is 0 Å². The van der Waals surface area contributed by atoms with Crippen molar-refractivity contribution in [2.45, 2.75) is 0 Å². The van der Waals surface area contributed by atoms with Gasteiger partial charge in [0.2, 0.25) is 0 Å². The molecule has 1 aliphatic rings. The molecule has 0 saturated carbocycles. The first kappa shape index (κ1) is 13.4. The van der Waals surface area contributed by atoms with Gasteiger partial charge < -0.3 is 15.5 Å². The highest BCUT2D eigenvalue weighted by atomic mass is 15.3. The molecular weight excluding hydrogens is 264 g/mol. The highest BCUT2D eigenvalue weighted by Gasteiger charge is 2.21. The summed E-state index contributed by atoms with van der Waals surface area (Å²) < 4.78 is 0. The second-order valence-corrected chi connectivity index (χ2v) is 4.95. The highest BCUT2D eigenvalue weighted by Crippen LogP contribution is 2.20. The normalized spacial score (nSPS) is 15.0. The number of nitrogens with two attached hydrogens (primary N) is 1. The molecule has 0 bridgehead atoms. The molecule has 0 aromatic carbocycles. The van der Waals surface area contributed by atoms with Crippen LogP contribution in [0.1, 0.15) is 5.56 Å². The smallest absolute Gasteiger partial charge is 0.139 e. The van der Waals surface area contributed by atoms with Crippen LogP contribution in [0.25, 0.3) is 0 Å². The third kappa shape index (κ3) is 2.79. The zero-order valence-electron chi connectivity index (χ0n) is 11.7. The lowest BCUT2D eigenvalue weighted by Gasteiger charge is -2.36. The number of hydrogen-bond donors (Lipinski definition) is 2. The molecule has 1 fully saturated rings. The average molecular weight is 282 g/mol. The van der Waals surface area contributed by atoms with Crippen molar-refractivity contribution in [3.8, 4) is 0 Å². The molecule has 6 heteroatoms. The second-order valence-electron chi connectivity index (χ2n) is 4.95. The molecule has 108 valence electrons. The summed E-state index contributed by atoms with van der Waals surface area (Å²) in [5.74, 6) is 1.86. The standard InChI is InChI=1S/C15H18N6/c16-14(17)12-4-3-7-19-15(12)21-10-8-20(9-11-21)13-5-1-2-6-18-13/h1-7H,8-11H2,(H3,16,17). The Morgan fingerprint density at radius 2 is 1.67 bits per heavy atom. The Hall–Kier alpha value is -2.63. The largest absolute Gasteiger partial charge is 0.384 e. The lowest BCUT2D eigenvalue weighted by molar-refractivity contribution is 0.641. The average Bonchev–Trinajstić information content (AvgIpc) is 2.56. The maximum atomic E-state index is 7.66. The second kappa shape index (κ2) is 5.78. The van der Waals surface area contributed by atoms with Crippen molar-refractivity contribution >= 4 is 17.5 Å². The Morgan fingerprint density at radius 3 is 2.33 bits per heavy atom. The summed E-state index contributed by atoms with van der Waals surface area (Å²) in [6.45, 7) is 3.44. The molecule has 0 atom stereocenters. The minimum atomic E-state index is 0.0604. The molecule has 0 amide bonds. The lowest BCUT2D eigenvalue weighted by Crippen LogP contribution is -2.47. The number of piperazine rings is 1. The van der Waals surface area contributed by atoms with Crippen LogP contribution < -0.4 is 15.5 Å². The van der Waals surface area contributed by atoms with Gasteiger partial charge >= 0.3 is 0 Å².